The Balaban J connectivity index is 1.80. The number of rotatable bonds is 6. The zero-order valence-electron chi connectivity index (χ0n) is 16.9. The first-order chi connectivity index (χ1) is 14.4. The molecule has 0 aliphatic heterocycles. The molecule has 0 saturated heterocycles. The first kappa shape index (κ1) is 20.9. The number of ether oxygens (including phenoxy) is 2. The zero-order valence-corrected chi connectivity index (χ0v) is 16.9. The number of methoxy groups -OCH3 is 1. The summed E-state index contributed by atoms with van der Waals surface area (Å²) in [6, 6.07) is 12.4. The van der Waals surface area contributed by atoms with Crippen LogP contribution in [0.5, 0.6) is 5.75 Å². The molecule has 0 saturated carbocycles. The van der Waals surface area contributed by atoms with Crippen LogP contribution in [-0.2, 0) is 11.3 Å². The summed E-state index contributed by atoms with van der Waals surface area (Å²) in [5.41, 5.74) is 0.794. The van der Waals surface area contributed by atoms with Crippen LogP contribution in [0.15, 0.2) is 57.7 Å². The molecule has 0 aliphatic carbocycles. The van der Waals surface area contributed by atoms with E-state index in [9.17, 15) is 14.4 Å². The van der Waals surface area contributed by atoms with Gasteiger partial charge < -0.3 is 24.5 Å². The lowest BCUT2D eigenvalue weighted by Crippen LogP contribution is -2.34. The van der Waals surface area contributed by atoms with Crippen LogP contribution in [0, 0.1) is 0 Å². The van der Waals surface area contributed by atoms with Gasteiger partial charge >= 0.3 is 17.6 Å². The minimum absolute atomic E-state index is 0.0548. The molecule has 1 aromatic heterocycles. The second-order valence-electron chi connectivity index (χ2n) is 6.83. The highest BCUT2D eigenvalue weighted by molar-refractivity contribution is 6.01. The number of nitrogens with one attached hydrogen (secondary N) is 2. The Bertz CT molecular complexity index is 1140. The number of benzene rings is 2. The number of carbonyl (C=O) groups excluding carboxylic acids is 2. The first-order valence-corrected chi connectivity index (χ1v) is 9.32. The molecule has 3 aromatic rings. The molecule has 30 heavy (non-hydrogen) atoms. The largest absolute Gasteiger partial charge is 0.497 e. The van der Waals surface area contributed by atoms with E-state index >= 15 is 0 Å². The van der Waals surface area contributed by atoms with E-state index in [0.29, 0.717) is 28.0 Å². The molecule has 3 rings (SSSR count). The van der Waals surface area contributed by atoms with Crippen molar-refractivity contribution in [2.24, 2.45) is 0 Å². The summed E-state index contributed by atoms with van der Waals surface area (Å²) in [5, 5.41) is 5.97. The van der Waals surface area contributed by atoms with Gasteiger partial charge in [0.1, 0.15) is 17.9 Å². The van der Waals surface area contributed by atoms with Crippen LogP contribution < -0.4 is 21.0 Å². The Morgan fingerprint density at radius 2 is 1.87 bits per heavy atom. The lowest BCUT2D eigenvalue weighted by molar-refractivity contribution is 0.0475. The summed E-state index contributed by atoms with van der Waals surface area (Å²) >= 11 is 0. The molecule has 0 atom stereocenters. The van der Waals surface area contributed by atoms with Gasteiger partial charge in [0, 0.05) is 29.1 Å². The molecular weight excluding hydrogens is 388 g/mol. The van der Waals surface area contributed by atoms with E-state index in [4.69, 9.17) is 13.9 Å². The molecule has 8 nitrogen and oxygen atoms in total. The molecule has 1 heterocycles. The summed E-state index contributed by atoms with van der Waals surface area (Å²) in [4.78, 5) is 36.5. The van der Waals surface area contributed by atoms with Crippen LogP contribution in [0.2, 0.25) is 0 Å². The van der Waals surface area contributed by atoms with Crippen molar-refractivity contribution in [2.45, 2.75) is 26.5 Å². The summed E-state index contributed by atoms with van der Waals surface area (Å²) < 4.78 is 15.8. The molecule has 0 radical (unpaired) electrons. The standard InChI is InChI=1S/C22H22N2O6/c1-13(2)23-22(27)24-18-7-5-4-6-17(18)21(26)29-12-14-10-20(25)30-19-11-15(28-3)8-9-16(14)19/h4-11,13H,12H2,1-3H3,(H2,23,24,27). The zero-order chi connectivity index (χ0) is 21.7. The topological polar surface area (TPSA) is 107 Å². The fourth-order valence-electron chi connectivity index (χ4n) is 2.87. The highest BCUT2D eigenvalue weighted by Gasteiger charge is 2.16. The lowest BCUT2D eigenvalue weighted by atomic mass is 10.1. The minimum Gasteiger partial charge on any atom is -0.497 e. The Morgan fingerprint density at radius 3 is 2.60 bits per heavy atom. The van der Waals surface area contributed by atoms with E-state index in [2.05, 4.69) is 10.6 Å². The number of fused-ring (bicyclic) bond motifs is 1. The molecule has 0 bridgehead atoms. The van der Waals surface area contributed by atoms with Gasteiger partial charge in [-0.3, -0.25) is 0 Å². The predicted molar refractivity (Wildman–Crippen MR) is 112 cm³/mol. The maximum absolute atomic E-state index is 12.6. The van der Waals surface area contributed by atoms with Crippen molar-refractivity contribution in [2.75, 3.05) is 12.4 Å². The van der Waals surface area contributed by atoms with Crippen LogP contribution in [0.1, 0.15) is 29.8 Å². The fraction of sp³-hybridized carbons (Fsp3) is 0.227. The molecule has 0 unspecified atom stereocenters. The predicted octanol–water partition coefficient (Wildman–Crippen LogP) is 3.69. The number of amides is 2. The lowest BCUT2D eigenvalue weighted by Gasteiger charge is -2.13. The Morgan fingerprint density at radius 1 is 1.10 bits per heavy atom. The molecule has 156 valence electrons. The number of esters is 1. The smallest absolute Gasteiger partial charge is 0.340 e. The van der Waals surface area contributed by atoms with Gasteiger partial charge in [0.2, 0.25) is 0 Å². The van der Waals surface area contributed by atoms with Gasteiger partial charge in [0.25, 0.3) is 0 Å². The highest BCUT2D eigenvalue weighted by atomic mass is 16.5. The van der Waals surface area contributed by atoms with Crippen molar-refractivity contribution in [3.05, 3.63) is 70.1 Å². The van der Waals surface area contributed by atoms with Crippen LogP contribution in [0.4, 0.5) is 10.5 Å². The average molecular weight is 410 g/mol. The molecule has 0 spiro atoms. The molecule has 0 fully saturated rings. The third kappa shape index (κ3) is 4.96. The van der Waals surface area contributed by atoms with E-state index in [0.717, 1.165) is 0 Å². The van der Waals surface area contributed by atoms with Gasteiger partial charge in [-0.25, -0.2) is 14.4 Å². The highest BCUT2D eigenvalue weighted by Crippen LogP contribution is 2.24. The van der Waals surface area contributed by atoms with E-state index in [1.807, 2.05) is 13.8 Å². The van der Waals surface area contributed by atoms with Crippen molar-refractivity contribution < 1.29 is 23.5 Å². The van der Waals surface area contributed by atoms with E-state index in [1.54, 1.807) is 42.5 Å². The van der Waals surface area contributed by atoms with Gasteiger partial charge in [0.05, 0.1) is 18.4 Å². The number of para-hydroxylation sites is 1. The van der Waals surface area contributed by atoms with Crippen LogP contribution in [-0.4, -0.2) is 25.2 Å². The first-order valence-electron chi connectivity index (χ1n) is 9.32. The van der Waals surface area contributed by atoms with Gasteiger partial charge in [-0.15, -0.1) is 0 Å². The Kier molecular flexibility index (Phi) is 6.36. The number of hydrogen-bond acceptors (Lipinski definition) is 6. The molecule has 8 heteroatoms. The second kappa shape index (κ2) is 9.13. The number of hydrogen-bond donors (Lipinski definition) is 2. The van der Waals surface area contributed by atoms with E-state index < -0.39 is 17.6 Å². The Labute approximate surface area is 172 Å². The normalized spacial score (nSPS) is 10.7. The second-order valence-corrected chi connectivity index (χ2v) is 6.83. The van der Waals surface area contributed by atoms with E-state index in [-0.39, 0.29) is 18.2 Å². The molecule has 2 N–H and O–H groups in total. The third-order valence-corrected chi connectivity index (χ3v) is 4.21. The summed E-state index contributed by atoms with van der Waals surface area (Å²) in [7, 11) is 1.51. The number of carbonyl (C=O) groups is 2. The molecule has 2 amide bonds. The molecule has 2 aromatic carbocycles. The Hall–Kier alpha value is -3.81. The van der Waals surface area contributed by atoms with Crippen molar-refractivity contribution in [3.63, 3.8) is 0 Å². The van der Waals surface area contributed by atoms with Crippen molar-refractivity contribution in [1.82, 2.24) is 5.32 Å². The third-order valence-electron chi connectivity index (χ3n) is 4.21. The van der Waals surface area contributed by atoms with Crippen molar-refractivity contribution in [1.29, 1.82) is 0 Å². The van der Waals surface area contributed by atoms with Crippen LogP contribution in [0.25, 0.3) is 11.0 Å². The maximum atomic E-state index is 12.6. The quantitative estimate of drug-likeness (QED) is 0.474. The average Bonchev–Trinajstić information content (AvgIpc) is 2.70. The monoisotopic (exact) mass is 410 g/mol. The number of urea groups is 1. The number of anilines is 1. The van der Waals surface area contributed by atoms with Crippen molar-refractivity contribution >= 4 is 28.7 Å². The van der Waals surface area contributed by atoms with Crippen LogP contribution in [0.3, 0.4) is 0 Å². The minimum atomic E-state index is -0.634. The van der Waals surface area contributed by atoms with Gasteiger partial charge in [0.15, 0.2) is 0 Å². The summed E-state index contributed by atoms with van der Waals surface area (Å²) in [6.45, 7) is 3.52. The SMILES string of the molecule is COc1ccc2c(COC(=O)c3ccccc3NC(=O)NC(C)C)cc(=O)oc2c1. The molecule has 0 aliphatic rings. The fourth-order valence-corrected chi connectivity index (χ4v) is 2.87. The van der Waals surface area contributed by atoms with Gasteiger partial charge in [-0.2, -0.15) is 0 Å². The maximum Gasteiger partial charge on any atom is 0.340 e. The van der Waals surface area contributed by atoms with E-state index in [1.165, 1.54) is 13.2 Å². The van der Waals surface area contributed by atoms with Crippen molar-refractivity contribution in [3.8, 4) is 5.75 Å². The summed E-state index contributed by atoms with van der Waals surface area (Å²) in [6.07, 6.45) is 0. The van der Waals surface area contributed by atoms with Crippen LogP contribution >= 0.6 is 0 Å². The summed E-state index contributed by atoms with van der Waals surface area (Å²) in [5.74, 6) is -0.0928. The van der Waals surface area contributed by atoms with Gasteiger partial charge in [-0.1, -0.05) is 12.1 Å². The molecular formula is C22H22N2O6. The van der Waals surface area contributed by atoms with Gasteiger partial charge in [-0.05, 0) is 38.1 Å².